The molecule has 4 amide bonds. The number of anilines is 4. The lowest BCUT2D eigenvalue weighted by Crippen LogP contribution is -2.53. The number of halogens is 5. The Morgan fingerprint density at radius 3 is 2.19 bits per heavy atom. The Morgan fingerprint density at radius 2 is 1.51 bits per heavy atom. The van der Waals surface area contributed by atoms with Crippen molar-refractivity contribution in [3.8, 4) is 5.75 Å². The van der Waals surface area contributed by atoms with E-state index in [0.29, 0.717) is 39.7 Å². The van der Waals surface area contributed by atoms with Crippen molar-refractivity contribution in [2.75, 3.05) is 15.6 Å². The van der Waals surface area contributed by atoms with E-state index in [2.05, 4.69) is 15.7 Å². The summed E-state index contributed by atoms with van der Waals surface area (Å²) in [4.78, 5) is 64.1. The van der Waals surface area contributed by atoms with Crippen LogP contribution in [0.15, 0.2) is 127 Å². The number of para-hydroxylation sites is 1. The van der Waals surface area contributed by atoms with Gasteiger partial charge in [-0.1, -0.05) is 77.3 Å². The zero-order chi connectivity index (χ0) is 41.4. The van der Waals surface area contributed by atoms with E-state index in [9.17, 15) is 32.7 Å². The summed E-state index contributed by atoms with van der Waals surface area (Å²) >= 11 is 12.6. The van der Waals surface area contributed by atoms with Gasteiger partial charge in [-0.2, -0.15) is 18.2 Å². The van der Waals surface area contributed by atoms with Gasteiger partial charge in [0.2, 0.25) is 11.8 Å². The number of pyridine rings is 1. The number of fused-ring (bicyclic) bond motifs is 4. The fourth-order valence-corrected chi connectivity index (χ4v) is 9.83. The molecule has 59 heavy (non-hydrogen) atoms. The SMILES string of the molecule is O=C1[C@@H]2C[C@@H]3C(=CC[C@@H]4C(=O)N(c5ccc(Nc6ccccc6)cc5)C(=O)[C@@H]43)[C@H](c3cccc(O)c3)[C@]2(c2ccc(Cl)cc2)C(=O)N1Nc1ncc(C(F)(F)F)cc1Cl. The molecule has 6 atom stereocenters. The van der Waals surface area contributed by atoms with Gasteiger partial charge in [0.1, 0.15) is 5.75 Å². The summed E-state index contributed by atoms with van der Waals surface area (Å²) in [5.74, 6) is -7.35. The summed E-state index contributed by atoms with van der Waals surface area (Å²) in [5, 5.41) is 14.7. The quantitative estimate of drug-likeness (QED) is 0.109. The normalized spacial score (nSPS) is 25.0. The Hall–Kier alpha value is -6.18. The average Bonchev–Trinajstić information content (AvgIpc) is 3.59. The van der Waals surface area contributed by atoms with Gasteiger partial charge in [0, 0.05) is 28.5 Å². The molecule has 0 spiro atoms. The number of hydrazine groups is 1. The van der Waals surface area contributed by atoms with Crippen LogP contribution in [-0.2, 0) is 30.8 Å². The van der Waals surface area contributed by atoms with Crippen molar-refractivity contribution < 1.29 is 37.5 Å². The first kappa shape index (κ1) is 38.3. The van der Waals surface area contributed by atoms with Crippen LogP contribution < -0.4 is 15.6 Å². The highest BCUT2D eigenvalue weighted by Crippen LogP contribution is 2.64. The van der Waals surface area contributed by atoms with E-state index < -0.39 is 69.5 Å². The maximum atomic E-state index is 15.3. The number of aromatic nitrogens is 1. The molecule has 2 saturated heterocycles. The molecule has 2 aliphatic heterocycles. The highest BCUT2D eigenvalue weighted by molar-refractivity contribution is 6.33. The molecule has 3 heterocycles. The van der Waals surface area contributed by atoms with E-state index >= 15 is 4.79 Å². The lowest BCUT2D eigenvalue weighted by atomic mass is 9.49. The van der Waals surface area contributed by atoms with Gasteiger partial charge < -0.3 is 10.4 Å². The van der Waals surface area contributed by atoms with Crippen LogP contribution in [-0.4, -0.2) is 38.7 Å². The van der Waals surface area contributed by atoms with Gasteiger partial charge in [0.05, 0.1) is 39.4 Å². The molecule has 3 N–H and O–H groups in total. The average molecular weight is 839 g/mol. The minimum atomic E-state index is -4.75. The second-order valence-electron chi connectivity index (χ2n) is 15.1. The number of aromatic hydroxyl groups is 1. The van der Waals surface area contributed by atoms with Crippen molar-refractivity contribution in [3.05, 3.63) is 154 Å². The molecule has 4 aromatic carbocycles. The van der Waals surface area contributed by atoms with Gasteiger partial charge in [-0.05, 0) is 96.6 Å². The fraction of sp³-hybridized carbons (Fsp3) is 0.205. The van der Waals surface area contributed by atoms with Crippen LogP contribution >= 0.6 is 23.2 Å². The molecule has 10 nitrogen and oxygen atoms in total. The smallest absolute Gasteiger partial charge is 0.417 e. The zero-order valence-corrected chi connectivity index (χ0v) is 32.2. The number of phenols is 1. The molecule has 1 aromatic heterocycles. The van der Waals surface area contributed by atoms with Crippen molar-refractivity contribution in [3.63, 3.8) is 0 Å². The predicted octanol–water partition coefficient (Wildman–Crippen LogP) is 9.05. The summed E-state index contributed by atoms with van der Waals surface area (Å²) in [5.41, 5.74) is 3.25. The molecular formula is C44H32Cl2F3N5O5. The number of nitrogens with one attached hydrogen (secondary N) is 2. The largest absolute Gasteiger partial charge is 0.508 e. The van der Waals surface area contributed by atoms with Gasteiger partial charge in [-0.25, -0.2) is 4.98 Å². The van der Waals surface area contributed by atoms with Crippen molar-refractivity contribution in [1.29, 1.82) is 0 Å². The molecule has 5 aromatic rings. The number of benzene rings is 4. The number of amides is 4. The first-order valence-corrected chi connectivity index (χ1v) is 19.5. The summed E-state index contributed by atoms with van der Waals surface area (Å²) < 4.78 is 40.5. The number of hydrogen-bond acceptors (Lipinski definition) is 8. The zero-order valence-electron chi connectivity index (χ0n) is 30.7. The standard InChI is InChI=1S/C44H32Cl2F3N5O5/c45-26-11-9-24(10-12-26)43-34(40(57)54(42(43)59)52-38-35(46)20-25(22-50-38)44(47,48)49)21-33-31(37(43)23-5-4-8-30(55)19-23)17-18-32-36(33)41(58)53(39(32)56)29-15-13-28(14-16-29)51-27-6-2-1-3-7-27/h1-17,19-20,22,32-34,36-37,51,55H,18,21H2,(H,50,52)/t32-,33+,34-,36-,37-,43+/m0/s1. The third-order valence-electron chi connectivity index (χ3n) is 11.9. The lowest BCUT2D eigenvalue weighted by molar-refractivity contribution is -0.139. The van der Waals surface area contributed by atoms with E-state index in [1.54, 1.807) is 60.7 Å². The molecule has 0 radical (unpaired) electrons. The second kappa shape index (κ2) is 14.3. The molecule has 3 fully saturated rings. The molecule has 4 aliphatic rings. The van der Waals surface area contributed by atoms with E-state index in [0.717, 1.165) is 16.4 Å². The van der Waals surface area contributed by atoms with Crippen LogP contribution in [0.5, 0.6) is 5.75 Å². The van der Waals surface area contributed by atoms with Gasteiger partial charge in [-0.3, -0.25) is 29.5 Å². The van der Waals surface area contributed by atoms with Gasteiger partial charge >= 0.3 is 6.18 Å². The monoisotopic (exact) mass is 837 g/mol. The number of hydrogen-bond donors (Lipinski definition) is 3. The third-order valence-corrected chi connectivity index (χ3v) is 12.5. The van der Waals surface area contributed by atoms with Crippen LogP contribution in [0.1, 0.15) is 35.4 Å². The number of carbonyl (C=O) groups is 4. The summed E-state index contributed by atoms with van der Waals surface area (Å²) in [6, 6.07) is 29.8. The van der Waals surface area contributed by atoms with Crippen LogP contribution in [0.25, 0.3) is 0 Å². The molecule has 298 valence electrons. The molecule has 0 bridgehead atoms. The third kappa shape index (κ3) is 6.22. The number of alkyl halides is 3. The summed E-state index contributed by atoms with van der Waals surface area (Å²) in [6.07, 6.45) is -2.22. The number of allylic oxidation sites excluding steroid dienone is 2. The Balaban J connectivity index is 1.14. The highest BCUT2D eigenvalue weighted by Gasteiger charge is 2.70. The Morgan fingerprint density at radius 1 is 0.797 bits per heavy atom. The Bertz CT molecular complexity index is 2570. The van der Waals surface area contributed by atoms with E-state index in [1.807, 2.05) is 36.4 Å². The number of phenolic OH excluding ortho intramolecular Hbond substituents is 1. The van der Waals surface area contributed by atoms with Crippen molar-refractivity contribution in [2.45, 2.75) is 30.4 Å². The van der Waals surface area contributed by atoms with E-state index in [4.69, 9.17) is 23.2 Å². The van der Waals surface area contributed by atoms with Crippen molar-refractivity contribution in [1.82, 2.24) is 9.99 Å². The van der Waals surface area contributed by atoms with Crippen LogP contribution in [0.4, 0.5) is 36.1 Å². The molecule has 9 rings (SSSR count). The van der Waals surface area contributed by atoms with Gasteiger partial charge in [0.15, 0.2) is 5.82 Å². The Kier molecular flexibility index (Phi) is 9.28. The number of nitrogens with zero attached hydrogens (tertiary/aromatic N) is 3. The first-order chi connectivity index (χ1) is 28.3. The lowest BCUT2D eigenvalue weighted by Gasteiger charge is -2.50. The van der Waals surface area contributed by atoms with E-state index in [1.165, 1.54) is 17.0 Å². The highest BCUT2D eigenvalue weighted by atomic mass is 35.5. The molecular weight excluding hydrogens is 806 g/mol. The van der Waals surface area contributed by atoms with Crippen LogP contribution in [0.3, 0.4) is 0 Å². The maximum Gasteiger partial charge on any atom is 0.417 e. The van der Waals surface area contributed by atoms with Crippen molar-refractivity contribution in [2.24, 2.45) is 23.7 Å². The van der Waals surface area contributed by atoms with Gasteiger partial charge in [-0.15, -0.1) is 0 Å². The van der Waals surface area contributed by atoms with Crippen LogP contribution in [0.2, 0.25) is 10.0 Å². The number of imide groups is 2. The van der Waals surface area contributed by atoms with Crippen molar-refractivity contribution >= 4 is 69.7 Å². The predicted molar refractivity (Wildman–Crippen MR) is 214 cm³/mol. The summed E-state index contributed by atoms with van der Waals surface area (Å²) in [6.45, 7) is 0. The minimum absolute atomic E-state index is 0.0470. The minimum Gasteiger partial charge on any atom is -0.508 e. The van der Waals surface area contributed by atoms with Crippen LogP contribution in [0, 0.1) is 23.7 Å². The maximum absolute atomic E-state index is 15.3. The number of carbonyl (C=O) groups excluding carboxylic acids is 4. The fourth-order valence-electron chi connectivity index (χ4n) is 9.50. The summed E-state index contributed by atoms with van der Waals surface area (Å²) in [7, 11) is 0. The topological polar surface area (TPSA) is 132 Å². The van der Waals surface area contributed by atoms with Gasteiger partial charge in [0.25, 0.3) is 11.8 Å². The molecule has 0 unspecified atom stereocenters. The molecule has 15 heteroatoms. The number of rotatable bonds is 7. The first-order valence-electron chi connectivity index (χ1n) is 18.7. The second-order valence-corrected chi connectivity index (χ2v) is 15.9. The van der Waals surface area contributed by atoms with E-state index in [-0.39, 0.29) is 30.3 Å². The molecule has 1 saturated carbocycles. The molecule has 2 aliphatic carbocycles. The Labute approximate surface area is 345 Å².